The van der Waals surface area contributed by atoms with E-state index in [2.05, 4.69) is 16.0 Å². The Morgan fingerprint density at radius 2 is 1.56 bits per heavy atom. The molecule has 1 heterocycles. The third-order valence-corrected chi connectivity index (χ3v) is 5.95. The Balaban J connectivity index is 1.53. The van der Waals surface area contributed by atoms with E-state index in [0.29, 0.717) is 12.8 Å². The van der Waals surface area contributed by atoms with Gasteiger partial charge in [-0.2, -0.15) is 0 Å². The van der Waals surface area contributed by atoms with E-state index in [1.54, 1.807) is 0 Å². The molecule has 3 aliphatic rings. The van der Waals surface area contributed by atoms with Gasteiger partial charge in [-0.25, -0.2) is 9.59 Å². The van der Waals surface area contributed by atoms with Crippen LogP contribution in [0, 0.1) is 0 Å². The summed E-state index contributed by atoms with van der Waals surface area (Å²) in [4.78, 5) is 50.3. The molecule has 6 amide bonds. The third-order valence-electron chi connectivity index (χ3n) is 5.95. The maximum atomic E-state index is 12.9. The minimum Gasteiger partial charge on any atom is -0.335 e. The highest BCUT2D eigenvalue weighted by Crippen LogP contribution is 2.31. The van der Waals surface area contributed by atoms with Crippen LogP contribution in [0.5, 0.6) is 0 Å². The van der Waals surface area contributed by atoms with Gasteiger partial charge in [-0.15, -0.1) is 0 Å². The molecule has 1 spiro atoms. The molecule has 3 fully saturated rings. The minimum absolute atomic E-state index is 0.0847. The molecule has 0 aromatic rings. The molecule has 0 unspecified atom stereocenters. The molecule has 1 aliphatic heterocycles. The van der Waals surface area contributed by atoms with Gasteiger partial charge in [0.15, 0.2) is 0 Å². The van der Waals surface area contributed by atoms with Gasteiger partial charge in [-0.3, -0.25) is 19.8 Å². The van der Waals surface area contributed by atoms with Crippen LogP contribution in [0.3, 0.4) is 0 Å². The minimum atomic E-state index is -0.873. The van der Waals surface area contributed by atoms with Gasteiger partial charge < -0.3 is 10.6 Å². The van der Waals surface area contributed by atoms with Crippen LogP contribution in [0.4, 0.5) is 9.59 Å². The van der Waals surface area contributed by atoms with E-state index in [1.165, 1.54) is 6.42 Å². The molecule has 150 valence electrons. The van der Waals surface area contributed by atoms with Crippen LogP contribution in [0.1, 0.15) is 77.0 Å². The zero-order valence-corrected chi connectivity index (χ0v) is 15.8. The molecular formula is C19H30N4O4. The summed E-state index contributed by atoms with van der Waals surface area (Å²) in [5.74, 6) is -0.980. The van der Waals surface area contributed by atoms with Crippen molar-refractivity contribution in [2.45, 2.75) is 88.6 Å². The summed E-state index contributed by atoms with van der Waals surface area (Å²) < 4.78 is 0. The predicted octanol–water partition coefficient (Wildman–Crippen LogP) is 2.18. The van der Waals surface area contributed by atoms with Crippen LogP contribution in [-0.2, 0) is 9.59 Å². The van der Waals surface area contributed by atoms with E-state index >= 15 is 0 Å². The average Bonchev–Trinajstić information content (AvgIpc) is 2.84. The Labute approximate surface area is 159 Å². The summed E-state index contributed by atoms with van der Waals surface area (Å²) in [6, 6.07) is -1.01. The zero-order valence-electron chi connectivity index (χ0n) is 15.8. The van der Waals surface area contributed by atoms with E-state index < -0.39 is 30.1 Å². The van der Waals surface area contributed by atoms with Gasteiger partial charge in [0, 0.05) is 6.04 Å². The van der Waals surface area contributed by atoms with E-state index in [9.17, 15) is 19.2 Å². The van der Waals surface area contributed by atoms with Crippen molar-refractivity contribution in [3.8, 4) is 0 Å². The van der Waals surface area contributed by atoms with Crippen LogP contribution in [0.25, 0.3) is 0 Å². The topological polar surface area (TPSA) is 108 Å². The number of hydrogen-bond donors (Lipinski definition) is 3. The van der Waals surface area contributed by atoms with Gasteiger partial charge in [0.05, 0.1) is 0 Å². The van der Waals surface area contributed by atoms with Crippen molar-refractivity contribution in [1.82, 2.24) is 20.9 Å². The number of rotatable bonds is 3. The Bertz CT molecular complexity index is 593. The van der Waals surface area contributed by atoms with E-state index in [-0.39, 0.29) is 11.9 Å². The van der Waals surface area contributed by atoms with Crippen molar-refractivity contribution in [1.29, 1.82) is 0 Å². The standard InChI is InChI=1S/C19H30N4O4/c24-15(21-17(26)20-14-9-5-4-6-10-14)13-23-16(25)19(22-18(23)27)11-7-2-1-3-8-12-19/h14H,1-13H2,(H,22,27)(H2,20,21,24,26). The van der Waals surface area contributed by atoms with Gasteiger partial charge in [0.25, 0.3) is 5.91 Å². The van der Waals surface area contributed by atoms with Crippen molar-refractivity contribution < 1.29 is 19.2 Å². The number of amides is 6. The molecule has 2 aliphatic carbocycles. The lowest BCUT2D eigenvalue weighted by Crippen LogP contribution is -2.50. The van der Waals surface area contributed by atoms with Gasteiger partial charge in [-0.05, 0) is 25.7 Å². The summed E-state index contributed by atoms with van der Waals surface area (Å²) >= 11 is 0. The van der Waals surface area contributed by atoms with Crippen LogP contribution < -0.4 is 16.0 Å². The van der Waals surface area contributed by atoms with Crippen molar-refractivity contribution in [3.05, 3.63) is 0 Å². The van der Waals surface area contributed by atoms with Crippen LogP contribution in [-0.4, -0.2) is 46.9 Å². The maximum Gasteiger partial charge on any atom is 0.325 e. The lowest BCUT2D eigenvalue weighted by molar-refractivity contribution is -0.135. The second-order valence-corrected chi connectivity index (χ2v) is 8.03. The lowest BCUT2D eigenvalue weighted by atomic mass is 9.84. The normalized spacial score (nSPS) is 23.5. The number of carbonyl (C=O) groups excluding carboxylic acids is 4. The molecule has 3 rings (SSSR count). The second kappa shape index (κ2) is 8.71. The van der Waals surface area contributed by atoms with Gasteiger partial charge >= 0.3 is 12.1 Å². The zero-order chi connectivity index (χ0) is 19.3. The van der Waals surface area contributed by atoms with Crippen LogP contribution in [0.2, 0.25) is 0 Å². The second-order valence-electron chi connectivity index (χ2n) is 8.03. The smallest absolute Gasteiger partial charge is 0.325 e. The molecule has 0 aromatic heterocycles. The number of hydrogen-bond acceptors (Lipinski definition) is 4. The SMILES string of the molecule is O=C(CN1C(=O)NC2(CCCCCCC2)C1=O)NC(=O)NC1CCCCC1. The molecule has 3 N–H and O–H groups in total. The Hall–Kier alpha value is -2.12. The fourth-order valence-corrected chi connectivity index (χ4v) is 4.45. The molecule has 8 nitrogen and oxygen atoms in total. The molecule has 0 radical (unpaired) electrons. The molecule has 0 atom stereocenters. The first-order chi connectivity index (χ1) is 13.0. The largest absolute Gasteiger partial charge is 0.335 e. The Morgan fingerprint density at radius 1 is 0.963 bits per heavy atom. The Kier molecular flexibility index (Phi) is 6.34. The quantitative estimate of drug-likeness (QED) is 0.654. The van der Waals surface area contributed by atoms with Crippen molar-refractivity contribution in [2.75, 3.05) is 6.54 Å². The number of urea groups is 2. The first-order valence-corrected chi connectivity index (χ1v) is 10.2. The molecule has 2 saturated carbocycles. The maximum absolute atomic E-state index is 12.9. The van der Waals surface area contributed by atoms with Gasteiger partial charge in [0.2, 0.25) is 5.91 Å². The summed E-state index contributed by atoms with van der Waals surface area (Å²) in [6.07, 6.45) is 11.4. The fourth-order valence-electron chi connectivity index (χ4n) is 4.45. The molecule has 0 aromatic carbocycles. The van der Waals surface area contributed by atoms with Crippen molar-refractivity contribution >= 4 is 23.9 Å². The number of nitrogens with zero attached hydrogens (tertiary/aromatic N) is 1. The molecule has 0 bridgehead atoms. The molecular weight excluding hydrogens is 348 g/mol. The van der Waals surface area contributed by atoms with E-state index in [1.807, 2.05) is 0 Å². The number of nitrogens with one attached hydrogen (secondary N) is 3. The molecule has 27 heavy (non-hydrogen) atoms. The van der Waals surface area contributed by atoms with E-state index in [0.717, 1.165) is 62.7 Å². The summed E-state index contributed by atoms with van der Waals surface area (Å²) in [5, 5.41) is 7.86. The van der Waals surface area contributed by atoms with Gasteiger partial charge in [0.1, 0.15) is 12.1 Å². The van der Waals surface area contributed by atoms with Crippen molar-refractivity contribution in [2.24, 2.45) is 0 Å². The third kappa shape index (κ3) is 4.78. The average molecular weight is 378 g/mol. The van der Waals surface area contributed by atoms with Crippen molar-refractivity contribution in [3.63, 3.8) is 0 Å². The van der Waals surface area contributed by atoms with Crippen LogP contribution >= 0.6 is 0 Å². The summed E-state index contributed by atoms with van der Waals surface area (Å²) in [6.45, 7) is -0.426. The fraction of sp³-hybridized carbons (Fsp3) is 0.789. The van der Waals surface area contributed by atoms with E-state index in [4.69, 9.17) is 0 Å². The first-order valence-electron chi connectivity index (χ1n) is 10.2. The summed E-state index contributed by atoms with van der Waals surface area (Å²) in [5.41, 5.74) is -0.873. The number of carbonyl (C=O) groups is 4. The highest BCUT2D eigenvalue weighted by molar-refractivity contribution is 6.10. The summed E-state index contributed by atoms with van der Waals surface area (Å²) in [7, 11) is 0. The monoisotopic (exact) mass is 378 g/mol. The highest BCUT2D eigenvalue weighted by Gasteiger charge is 2.50. The molecule has 1 saturated heterocycles. The lowest BCUT2D eigenvalue weighted by Gasteiger charge is -2.28. The molecule has 8 heteroatoms. The number of imide groups is 2. The predicted molar refractivity (Wildman–Crippen MR) is 98.8 cm³/mol. The first kappa shape index (κ1) is 19.6. The van der Waals surface area contributed by atoms with Gasteiger partial charge in [-0.1, -0.05) is 51.4 Å². The van der Waals surface area contributed by atoms with Crippen LogP contribution in [0.15, 0.2) is 0 Å². The highest BCUT2D eigenvalue weighted by atomic mass is 16.2. The Morgan fingerprint density at radius 3 is 2.22 bits per heavy atom.